The lowest BCUT2D eigenvalue weighted by Crippen LogP contribution is -2.58. The molecule has 3 saturated heterocycles. The Morgan fingerprint density at radius 3 is 2.60 bits per heavy atom. The van der Waals surface area contributed by atoms with Gasteiger partial charge in [0.25, 0.3) is 0 Å². The second kappa shape index (κ2) is 10.0. The standard InChI is InChI=1S/C20H30N4O6/c1-12-18(27)21-10-17(26)23-13(6-3-2-4-8-15(25)16-11-30-16)20(29)24-9-5-7-14(24)19(28)22-12/h12-14,16H,2-11H2,1H3,(H,21,27)(H,22,28)(H,23,26)/t12-,13-,14+,16+/m0/s1. The summed E-state index contributed by atoms with van der Waals surface area (Å²) in [6.45, 7) is 2.24. The Kier molecular flexibility index (Phi) is 7.41. The van der Waals surface area contributed by atoms with Crippen LogP contribution in [0.15, 0.2) is 0 Å². The van der Waals surface area contributed by atoms with Gasteiger partial charge in [0.15, 0.2) is 5.78 Å². The fourth-order valence-corrected chi connectivity index (χ4v) is 3.92. The van der Waals surface area contributed by atoms with Crippen LogP contribution >= 0.6 is 0 Å². The predicted octanol–water partition coefficient (Wildman–Crippen LogP) is -0.985. The summed E-state index contributed by atoms with van der Waals surface area (Å²) in [5, 5.41) is 7.83. The molecular formula is C20H30N4O6. The van der Waals surface area contributed by atoms with Gasteiger partial charge in [-0.25, -0.2) is 0 Å². The van der Waals surface area contributed by atoms with Crippen LogP contribution in [0.1, 0.15) is 51.9 Å². The van der Waals surface area contributed by atoms with Crippen molar-refractivity contribution in [3.63, 3.8) is 0 Å². The van der Waals surface area contributed by atoms with Gasteiger partial charge in [0.1, 0.15) is 24.2 Å². The average molecular weight is 422 g/mol. The molecule has 30 heavy (non-hydrogen) atoms. The van der Waals surface area contributed by atoms with Crippen molar-refractivity contribution in [2.24, 2.45) is 0 Å². The summed E-state index contributed by atoms with van der Waals surface area (Å²) in [7, 11) is 0. The van der Waals surface area contributed by atoms with E-state index in [1.54, 1.807) is 6.92 Å². The summed E-state index contributed by atoms with van der Waals surface area (Å²) in [4.78, 5) is 63.3. The van der Waals surface area contributed by atoms with Crippen molar-refractivity contribution in [2.45, 2.75) is 76.1 Å². The van der Waals surface area contributed by atoms with Gasteiger partial charge in [-0.3, -0.25) is 24.0 Å². The Labute approximate surface area is 175 Å². The number of rotatable bonds is 7. The topological polar surface area (TPSA) is 137 Å². The molecule has 4 atom stereocenters. The predicted molar refractivity (Wildman–Crippen MR) is 105 cm³/mol. The number of carbonyl (C=O) groups is 5. The lowest BCUT2D eigenvalue weighted by Gasteiger charge is -2.30. The molecule has 10 nitrogen and oxygen atoms in total. The van der Waals surface area contributed by atoms with Gasteiger partial charge >= 0.3 is 0 Å². The molecule has 166 valence electrons. The molecule has 0 unspecified atom stereocenters. The summed E-state index contributed by atoms with van der Waals surface area (Å²) in [5.74, 6) is -1.41. The highest BCUT2D eigenvalue weighted by atomic mass is 16.6. The lowest BCUT2D eigenvalue weighted by molar-refractivity contribution is -0.142. The zero-order valence-corrected chi connectivity index (χ0v) is 17.3. The van der Waals surface area contributed by atoms with E-state index in [2.05, 4.69) is 16.0 Å². The Morgan fingerprint density at radius 2 is 1.87 bits per heavy atom. The van der Waals surface area contributed by atoms with Crippen LogP contribution in [-0.2, 0) is 28.7 Å². The first-order chi connectivity index (χ1) is 14.4. The molecule has 0 bridgehead atoms. The zero-order chi connectivity index (χ0) is 21.7. The molecule has 3 aliphatic rings. The van der Waals surface area contributed by atoms with E-state index in [1.807, 2.05) is 0 Å². The van der Waals surface area contributed by atoms with Crippen molar-refractivity contribution >= 4 is 29.4 Å². The van der Waals surface area contributed by atoms with Crippen molar-refractivity contribution in [3.05, 3.63) is 0 Å². The van der Waals surface area contributed by atoms with Crippen LogP contribution in [0.2, 0.25) is 0 Å². The van der Waals surface area contributed by atoms with Crippen molar-refractivity contribution < 1.29 is 28.7 Å². The fraction of sp³-hybridized carbons (Fsp3) is 0.750. The van der Waals surface area contributed by atoms with Crippen molar-refractivity contribution in [2.75, 3.05) is 19.7 Å². The molecule has 3 aliphatic heterocycles. The Balaban J connectivity index is 1.60. The highest BCUT2D eigenvalue weighted by Crippen LogP contribution is 2.21. The third-order valence-electron chi connectivity index (χ3n) is 5.76. The molecular weight excluding hydrogens is 392 g/mol. The summed E-state index contributed by atoms with van der Waals surface area (Å²) in [6, 6.07) is -2.19. The van der Waals surface area contributed by atoms with E-state index in [-0.39, 0.29) is 30.2 Å². The molecule has 0 aromatic heterocycles. The third kappa shape index (κ3) is 5.78. The molecule has 3 rings (SSSR count). The number of carbonyl (C=O) groups excluding carboxylic acids is 5. The molecule has 0 aromatic rings. The van der Waals surface area contributed by atoms with E-state index in [9.17, 15) is 24.0 Å². The number of nitrogens with one attached hydrogen (secondary N) is 3. The quantitative estimate of drug-likeness (QED) is 0.356. The minimum atomic E-state index is -0.790. The number of amides is 4. The molecule has 3 heterocycles. The van der Waals surface area contributed by atoms with Gasteiger partial charge in [-0.2, -0.15) is 0 Å². The Hall–Kier alpha value is -2.49. The molecule has 0 radical (unpaired) electrons. The van der Waals surface area contributed by atoms with Crippen LogP contribution in [0.3, 0.4) is 0 Å². The second-order valence-corrected chi connectivity index (χ2v) is 8.15. The van der Waals surface area contributed by atoms with Crippen LogP contribution in [-0.4, -0.2) is 78.2 Å². The van der Waals surface area contributed by atoms with Crippen LogP contribution < -0.4 is 16.0 Å². The minimum absolute atomic E-state index is 0.112. The molecule has 0 aliphatic carbocycles. The number of nitrogens with zero attached hydrogens (tertiary/aromatic N) is 1. The summed E-state index contributed by atoms with van der Waals surface area (Å²) in [6.07, 6.45) is 3.96. The molecule has 0 aromatic carbocycles. The molecule has 0 saturated carbocycles. The van der Waals surface area contributed by atoms with E-state index in [0.717, 1.165) is 6.42 Å². The van der Waals surface area contributed by atoms with Crippen LogP contribution in [0, 0.1) is 0 Å². The maximum Gasteiger partial charge on any atom is 0.245 e. The van der Waals surface area contributed by atoms with Gasteiger partial charge in [-0.1, -0.05) is 12.8 Å². The Morgan fingerprint density at radius 1 is 1.10 bits per heavy atom. The number of ketones is 1. The number of unbranched alkanes of at least 4 members (excludes halogenated alkanes) is 2. The van der Waals surface area contributed by atoms with E-state index in [1.165, 1.54) is 4.90 Å². The van der Waals surface area contributed by atoms with E-state index in [0.29, 0.717) is 51.7 Å². The van der Waals surface area contributed by atoms with Crippen LogP contribution in [0.5, 0.6) is 0 Å². The molecule has 3 fully saturated rings. The van der Waals surface area contributed by atoms with Gasteiger partial charge in [-0.05, 0) is 32.6 Å². The first-order valence-electron chi connectivity index (χ1n) is 10.7. The van der Waals surface area contributed by atoms with Crippen molar-refractivity contribution in [1.29, 1.82) is 0 Å². The molecule has 4 amide bonds. The SMILES string of the molecule is C[C@@H]1NC(=O)[C@H]2CCCN2C(=O)[C@H](CCCCCC(=O)[C@H]2CO2)NC(=O)CNC1=O. The van der Waals surface area contributed by atoms with Crippen LogP contribution in [0.25, 0.3) is 0 Å². The first-order valence-corrected chi connectivity index (χ1v) is 10.7. The van der Waals surface area contributed by atoms with Gasteiger partial charge < -0.3 is 25.6 Å². The monoisotopic (exact) mass is 422 g/mol. The summed E-state index contributed by atoms with van der Waals surface area (Å²) < 4.78 is 4.97. The molecule has 10 heteroatoms. The fourth-order valence-electron chi connectivity index (χ4n) is 3.92. The third-order valence-corrected chi connectivity index (χ3v) is 5.76. The van der Waals surface area contributed by atoms with Gasteiger partial charge in [0.2, 0.25) is 23.6 Å². The highest BCUT2D eigenvalue weighted by Gasteiger charge is 2.38. The van der Waals surface area contributed by atoms with E-state index < -0.39 is 29.9 Å². The molecule has 3 N–H and O–H groups in total. The Bertz CT molecular complexity index is 707. The lowest BCUT2D eigenvalue weighted by atomic mass is 10.0. The maximum atomic E-state index is 13.1. The van der Waals surface area contributed by atoms with Gasteiger partial charge in [-0.15, -0.1) is 0 Å². The number of fused-ring (bicyclic) bond motifs is 1. The number of ether oxygens (including phenoxy) is 1. The second-order valence-electron chi connectivity index (χ2n) is 8.15. The zero-order valence-electron chi connectivity index (χ0n) is 17.3. The van der Waals surface area contributed by atoms with Crippen molar-refractivity contribution in [1.82, 2.24) is 20.9 Å². The summed E-state index contributed by atoms with van der Waals surface area (Å²) >= 11 is 0. The number of Topliss-reactive ketones (excluding diaryl/α,β-unsaturated/α-hetero) is 1. The van der Waals surface area contributed by atoms with Gasteiger partial charge in [0.05, 0.1) is 13.2 Å². The van der Waals surface area contributed by atoms with E-state index >= 15 is 0 Å². The van der Waals surface area contributed by atoms with Gasteiger partial charge in [0, 0.05) is 13.0 Å². The number of epoxide rings is 1. The van der Waals surface area contributed by atoms with Crippen LogP contribution in [0.4, 0.5) is 0 Å². The first kappa shape index (κ1) is 22.2. The maximum absolute atomic E-state index is 13.1. The number of hydrogen-bond acceptors (Lipinski definition) is 6. The highest BCUT2D eigenvalue weighted by molar-refractivity contribution is 5.96. The minimum Gasteiger partial charge on any atom is -0.365 e. The smallest absolute Gasteiger partial charge is 0.245 e. The normalized spacial score (nSPS) is 29.8. The largest absolute Gasteiger partial charge is 0.365 e. The average Bonchev–Trinajstić information content (AvgIpc) is 3.45. The molecule has 0 spiro atoms. The van der Waals surface area contributed by atoms with Crippen molar-refractivity contribution in [3.8, 4) is 0 Å². The summed E-state index contributed by atoms with van der Waals surface area (Å²) in [5.41, 5.74) is 0. The van der Waals surface area contributed by atoms with E-state index in [4.69, 9.17) is 4.74 Å². The number of hydrogen-bond donors (Lipinski definition) is 3.